The van der Waals surface area contributed by atoms with Crippen LogP contribution in [0.1, 0.15) is 41.0 Å². The Morgan fingerprint density at radius 3 is 1.95 bits per heavy atom. The van der Waals surface area contributed by atoms with E-state index in [2.05, 4.69) is 24.1 Å². The molecule has 0 spiro atoms. The highest BCUT2D eigenvalue weighted by Gasteiger charge is 2.29. The molecule has 0 fully saturated rings. The van der Waals surface area contributed by atoms with Gasteiger partial charge in [-0.1, -0.05) is 34.6 Å². The van der Waals surface area contributed by atoms with Crippen molar-refractivity contribution < 1.29 is 4.79 Å². The van der Waals surface area contributed by atoms with Crippen LogP contribution in [-0.4, -0.2) is 43.5 Å². The molecule has 0 aromatic carbocycles. The zero-order valence-electron chi connectivity index (χ0n) is 13.9. The van der Waals surface area contributed by atoms with Crippen molar-refractivity contribution in [3.8, 4) is 0 Å². The van der Waals surface area contributed by atoms with Gasteiger partial charge in [0.15, 0.2) is 0 Å². The van der Waals surface area contributed by atoms with Gasteiger partial charge < -0.3 is 16.0 Å². The smallest absolute Gasteiger partial charge is 0.237 e. The van der Waals surface area contributed by atoms with Crippen molar-refractivity contribution in [3.05, 3.63) is 0 Å². The molecular formula is C14H33Cl2N3O. The summed E-state index contributed by atoms with van der Waals surface area (Å²) >= 11 is 0. The lowest BCUT2D eigenvalue weighted by Crippen LogP contribution is -2.53. The van der Waals surface area contributed by atoms with Crippen LogP contribution in [0.5, 0.6) is 0 Å². The molecule has 124 valence electrons. The summed E-state index contributed by atoms with van der Waals surface area (Å²) in [6.45, 7) is 11.1. The fourth-order valence-electron chi connectivity index (χ4n) is 1.87. The molecule has 4 nitrogen and oxygen atoms in total. The van der Waals surface area contributed by atoms with Gasteiger partial charge in [-0.3, -0.25) is 4.79 Å². The molecule has 0 heterocycles. The van der Waals surface area contributed by atoms with Crippen molar-refractivity contribution in [2.24, 2.45) is 17.1 Å². The topological polar surface area (TPSA) is 58.4 Å². The van der Waals surface area contributed by atoms with Crippen LogP contribution in [0.15, 0.2) is 0 Å². The zero-order valence-corrected chi connectivity index (χ0v) is 15.5. The number of rotatable bonds is 6. The van der Waals surface area contributed by atoms with E-state index in [4.69, 9.17) is 5.73 Å². The second-order valence-electron chi connectivity index (χ2n) is 6.94. The van der Waals surface area contributed by atoms with Crippen molar-refractivity contribution >= 4 is 30.7 Å². The molecule has 0 aliphatic rings. The summed E-state index contributed by atoms with van der Waals surface area (Å²) in [5.41, 5.74) is 5.77. The first-order chi connectivity index (χ1) is 8.04. The van der Waals surface area contributed by atoms with Crippen LogP contribution in [0, 0.1) is 11.3 Å². The van der Waals surface area contributed by atoms with E-state index < -0.39 is 6.04 Å². The van der Waals surface area contributed by atoms with Gasteiger partial charge in [0.05, 0.1) is 6.04 Å². The number of nitrogens with two attached hydrogens (primary N) is 1. The third-order valence-corrected chi connectivity index (χ3v) is 2.90. The third kappa shape index (κ3) is 10.7. The number of amides is 1. The van der Waals surface area contributed by atoms with E-state index in [1.165, 1.54) is 0 Å². The van der Waals surface area contributed by atoms with Crippen molar-refractivity contribution in [1.29, 1.82) is 0 Å². The number of nitrogens with zero attached hydrogens (tertiary/aromatic N) is 1. The number of likely N-dealkylation sites (N-methyl/N-ethyl adjacent to an activating group) is 1. The van der Waals surface area contributed by atoms with Gasteiger partial charge in [-0.15, -0.1) is 24.8 Å². The monoisotopic (exact) mass is 329 g/mol. The molecule has 0 rings (SSSR count). The van der Waals surface area contributed by atoms with Crippen LogP contribution < -0.4 is 11.1 Å². The zero-order chi connectivity index (χ0) is 14.5. The van der Waals surface area contributed by atoms with Crippen LogP contribution in [-0.2, 0) is 4.79 Å². The van der Waals surface area contributed by atoms with Crippen LogP contribution in [0.25, 0.3) is 0 Å². The fourth-order valence-corrected chi connectivity index (χ4v) is 1.87. The Balaban J connectivity index is -0.00000144. The summed E-state index contributed by atoms with van der Waals surface area (Å²) in [6.07, 6.45) is 0.973. The second-order valence-corrected chi connectivity index (χ2v) is 6.94. The van der Waals surface area contributed by atoms with Crippen LogP contribution in [0.2, 0.25) is 0 Å². The predicted molar refractivity (Wildman–Crippen MR) is 91.9 cm³/mol. The van der Waals surface area contributed by atoms with Crippen LogP contribution in [0.3, 0.4) is 0 Å². The molecule has 0 radical (unpaired) electrons. The Morgan fingerprint density at radius 1 is 1.20 bits per heavy atom. The average molecular weight is 330 g/mol. The Labute approximate surface area is 137 Å². The molecule has 0 aromatic rings. The molecule has 0 saturated heterocycles. The maximum Gasteiger partial charge on any atom is 0.237 e. The number of nitrogens with one attached hydrogen (secondary N) is 1. The number of hydrogen-bond acceptors (Lipinski definition) is 3. The van der Waals surface area contributed by atoms with Gasteiger partial charge in [0.1, 0.15) is 0 Å². The molecule has 0 bridgehead atoms. The van der Waals surface area contributed by atoms with Crippen LogP contribution >= 0.6 is 24.8 Å². The van der Waals surface area contributed by atoms with E-state index in [9.17, 15) is 4.79 Å². The minimum absolute atomic E-state index is 0. The SMILES string of the molecule is CC(C)CC(CN(C)C)NC(=O)[C@@H](N)C(C)(C)C.Cl.Cl. The summed E-state index contributed by atoms with van der Waals surface area (Å²) in [6, 6.07) is -0.296. The Kier molecular flexibility index (Phi) is 13.3. The number of hydrogen-bond donors (Lipinski definition) is 2. The Hall–Kier alpha value is -0.0300. The number of carbonyl (C=O) groups is 1. The second kappa shape index (κ2) is 10.7. The van der Waals surface area contributed by atoms with E-state index in [0.29, 0.717) is 5.92 Å². The lowest BCUT2D eigenvalue weighted by Gasteiger charge is -2.30. The fraction of sp³-hybridized carbons (Fsp3) is 0.929. The summed E-state index contributed by atoms with van der Waals surface area (Å²) in [4.78, 5) is 14.2. The standard InChI is InChI=1S/C14H31N3O.2ClH/c1-10(2)8-11(9-17(6)7)16-13(18)12(15)14(3,4)5;;/h10-12H,8-9,15H2,1-7H3,(H,16,18);2*1H/t11?,12-;;/m1../s1. The molecular weight excluding hydrogens is 297 g/mol. The quantitative estimate of drug-likeness (QED) is 0.786. The maximum absolute atomic E-state index is 12.1. The number of halogens is 2. The minimum atomic E-state index is -0.464. The summed E-state index contributed by atoms with van der Waals surface area (Å²) in [5, 5.41) is 3.08. The average Bonchev–Trinajstić information content (AvgIpc) is 2.12. The maximum atomic E-state index is 12.1. The summed E-state index contributed by atoms with van der Waals surface area (Å²) in [5.74, 6) is 0.510. The van der Waals surface area contributed by atoms with Gasteiger partial charge in [0.2, 0.25) is 5.91 Å². The molecule has 0 aromatic heterocycles. The molecule has 1 unspecified atom stereocenters. The largest absolute Gasteiger partial charge is 0.351 e. The molecule has 6 heteroatoms. The van der Waals surface area contributed by atoms with E-state index in [0.717, 1.165) is 13.0 Å². The highest BCUT2D eigenvalue weighted by molar-refractivity contribution is 5.85. The Bertz CT molecular complexity index is 256. The van der Waals surface area contributed by atoms with Gasteiger partial charge in [-0.05, 0) is 31.8 Å². The van der Waals surface area contributed by atoms with Gasteiger partial charge in [-0.2, -0.15) is 0 Å². The summed E-state index contributed by atoms with van der Waals surface area (Å²) in [7, 11) is 4.03. The van der Waals surface area contributed by atoms with E-state index in [1.54, 1.807) is 0 Å². The van der Waals surface area contributed by atoms with Crippen LogP contribution in [0.4, 0.5) is 0 Å². The molecule has 20 heavy (non-hydrogen) atoms. The van der Waals surface area contributed by atoms with Gasteiger partial charge >= 0.3 is 0 Å². The van der Waals surface area contributed by atoms with Gasteiger partial charge in [0, 0.05) is 12.6 Å². The van der Waals surface area contributed by atoms with E-state index in [-0.39, 0.29) is 42.2 Å². The molecule has 0 saturated carbocycles. The van der Waals surface area contributed by atoms with Crippen molar-refractivity contribution in [2.45, 2.75) is 53.1 Å². The van der Waals surface area contributed by atoms with Crippen molar-refractivity contribution in [1.82, 2.24) is 10.2 Å². The normalized spacial score (nSPS) is 14.3. The molecule has 1 amide bonds. The highest BCUT2D eigenvalue weighted by Crippen LogP contribution is 2.17. The van der Waals surface area contributed by atoms with Gasteiger partial charge in [0.25, 0.3) is 0 Å². The molecule has 2 atom stereocenters. The van der Waals surface area contributed by atoms with E-state index >= 15 is 0 Å². The van der Waals surface area contributed by atoms with E-state index in [1.807, 2.05) is 34.9 Å². The first-order valence-corrected chi connectivity index (χ1v) is 6.74. The Morgan fingerprint density at radius 2 is 1.65 bits per heavy atom. The van der Waals surface area contributed by atoms with Crippen molar-refractivity contribution in [3.63, 3.8) is 0 Å². The number of carbonyl (C=O) groups excluding carboxylic acids is 1. The predicted octanol–water partition coefficient (Wildman–Crippen LogP) is 2.30. The third-order valence-electron chi connectivity index (χ3n) is 2.90. The lowest BCUT2D eigenvalue weighted by atomic mass is 9.86. The highest BCUT2D eigenvalue weighted by atomic mass is 35.5. The van der Waals surface area contributed by atoms with Crippen molar-refractivity contribution in [2.75, 3.05) is 20.6 Å². The minimum Gasteiger partial charge on any atom is -0.351 e. The lowest BCUT2D eigenvalue weighted by molar-refractivity contribution is -0.125. The summed E-state index contributed by atoms with van der Waals surface area (Å²) < 4.78 is 0. The first-order valence-electron chi connectivity index (χ1n) is 6.74. The molecule has 3 N–H and O–H groups in total. The van der Waals surface area contributed by atoms with Gasteiger partial charge in [-0.25, -0.2) is 0 Å². The molecule has 0 aliphatic heterocycles. The first kappa shape index (κ1) is 25.0. The molecule has 0 aliphatic carbocycles.